The third-order valence-corrected chi connectivity index (χ3v) is 8.48. The van der Waals surface area contributed by atoms with Crippen LogP contribution in [0, 0.1) is 12.7 Å². The number of halogens is 1. The van der Waals surface area contributed by atoms with Crippen LogP contribution >= 0.6 is 0 Å². The van der Waals surface area contributed by atoms with Gasteiger partial charge in [0.1, 0.15) is 5.82 Å². The maximum Gasteiger partial charge on any atom is 0.261 e. The van der Waals surface area contributed by atoms with Crippen LogP contribution in [-0.4, -0.2) is 27.7 Å². The molecule has 0 radical (unpaired) electrons. The molecule has 4 rings (SSSR count). The van der Waals surface area contributed by atoms with Crippen LogP contribution in [0.5, 0.6) is 0 Å². The molecule has 6 nitrogen and oxygen atoms in total. The molecular weight excluding hydrogens is 439 g/mol. The van der Waals surface area contributed by atoms with Gasteiger partial charge in [-0.1, -0.05) is 23.8 Å². The molecule has 0 aromatic heterocycles. The van der Waals surface area contributed by atoms with Gasteiger partial charge in [-0.3, -0.25) is 4.72 Å². The van der Waals surface area contributed by atoms with Crippen LogP contribution in [0.25, 0.3) is 0 Å². The number of hydrogen-bond acceptors (Lipinski definition) is 4. The van der Waals surface area contributed by atoms with E-state index >= 15 is 0 Å². The summed E-state index contributed by atoms with van der Waals surface area (Å²) < 4.78 is 68.2. The van der Waals surface area contributed by atoms with E-state index in [4.69, 9.17) is 0 Å². The van der Waals surface area contributed by atoms with E-state index in [0.29, 0.717) is 18.7 Å². The van der Waals surface area contributed by atoms with Crippen LogP contribution in [0.2, 0.25) is 0 Å². The van der Waals surface area contributed by atoms with Crippen molar-refractivity contribution in [3.05, 3.63) is 89.2 Å². The van der Waals surface area contributed by atoms with Gasteiger partial charge in [-0.2, -0.15) is 4.31 Å². The highest BCUT2D eigenvalue weighted by molar-refractivity contribution is 7.92. The van der Waals surface area contributed by atoms with Crippen LogP contribution in [-0.2, 0) is 33.0 Å². The molecule has 0 saturated heterocycles. The molecule has 0 spiro atoms. The fraction of sp³-hybridized carbons (Fsp3) is 0.182. The molecule has 1 aliphatic heterocycles. The molecule has 0 aliphatic carbocycles. The van der Waals surface area contributed by atoms with Crippen LogP contribution in [0.3, 0.4) is 0 Å². The number of benzene rings is 3. The lowest BCUT2D eigenvalue weighted by molar-refractivity contribution is 0.391. The molecule has 31 heavy (non-hydrogen) atoms. The largest absolute Gasteiger partial charge is 0.280 e. The Balaban J connectivity index is 1.58. The number of aryl methyl sites for hydroxylation is 1. The van der Waals surface area contributed by atoms with Crippen molar-refractivity contribution in [3.8, 4) is 0 Å². The number of nitrogens with zero attached hydrogens (tertiary/aromatic N) is 1. The summed E-state index contributed by atoms with van der Waals surface area (Å²) in [6.45, 7) is 2.39. The first-order valence-electron chi connectivity index (χ1n) is 9.62. The van der Waals surface area contributed by atoms with Gasteiger partial charge in [0.15, 0.2) is 0 Å². The van der Waals surface area contributed by atoms with E-state index < -0.39 is 25.9 Å². The van der Waals surface area contributed by atoms with Crippen molar-refractivity contribution in [2.24, 2.45) is 0 Å². The Labute approximate surface area is 181 Å². The molecule has 0 saturated carbocycles. The number of sulfonamides is 2. The summed E-state index contributed by atoms with van der Waals surface area (Å²) in [5, 5.41) is 0. The normalized spacial score (nSPS) is 14.8. The number of hydrogen-bond donors (Lipinski definition) is 1. The number of nitrogens with one attached hydrogen (secondary N) is 1. The molecule has 0 atom stereocenters. The molecule has 1 N–H and O–H groups in total. The summed E-state index contributed by atoms with van der Waals surface area (Å²) in [6.07, 6.45) is 0.533. The van der Waals surface area contributed by atoms with Gasteiger partial charge in [0.05, 0.1) is 9.79 Å². The Bertz CT molecular complexity index is 1320. The summed E-state index contributed by atoms with van der Waals surface area (Å²) in [6, 6.07) is 16.3. The Morgan fingerprint density at radius 2 is 1.48 bits per heavy atom. The summed E-state index contributed by atoms with van der Waals surface area (Å²) in [7, 11) is -7.55. The smallest absolute Gasteiger partial charge is 0.261 e. The Kier molecular flexibility index (Phi) is 5.59. The van der Waals surface area contributed by atoms with Crippen LogP contribution in [0.1, 0.15) is 16.7 Å². The molecule has 162 valence electrons. The first-order chi connectivity index (χ1) is 14.6. The Morgan fingerprint density at radius 1 is 0.839 bits per heavy atom. The average Bonchev–Trinajstić information content (AvgIpc) is 2.73. The second-order valence-corrected chi connectivity index (χ2v) is 11.1. The van der Waals surface area contributed by atoms with Crippen molar-refractivity contribution >= 4 is 25.7 Å². The quantitative estimate of drug-likeness (QED) is 0.630. The van der Waals surface area contributed by atoms with Crippen molar-refractivity contribution < 1.29 is 21.2 Å². The predicted octanol–water partition coefficient (Wildman–Crippen LogP) is 3.68. The molecule has 1 heterocycles. The molecule has 0 unspecified atom stereocenters. The Morgan fingerprint density at radius 3 is 2.16 bits per heavy atom. The van der Waals surface area contributed by atoms with E-state index in [1.165, 1.54) is 16.4 Å². The lowest BCUT2D eigenvalue weighted by atomic mass is 10.0. The SMILES string of the molecule is Cc1ccc(S(=O)(=O)N2CCc3ccc(NS(=O)(=O)c4ccc(F)cc4)cc3C2)cc1. The third-order valence-electron chi connectivity index (χ3n) is 5.22. The van der Waals surface area contributed by atoms with Gasteiger partial charge >= 0.3 is 0 Å². The number of fused-ring (bicyclic) bond motifs is 1. The van der Waals surface area contributed by atoms with Gasteiger partial charge in [-0.25, -0.2) is 21.2 Å². The average molecular weight is 461 g/mol. The minimum Gasteiger partial charge on any atom is -0.280 e. The van der Waals surface area contributed by atoms with E-state index in [9.17, 15) is 21.2 Å². The molecule has 3 aromatic carbocycles. The minimum absolute atomic E-state index is 0.0600. The monoisotopic (exact) mass is 460 g/mol. The van der Waals surface area contributed by atoms with Crippen LogP contribution in [0.15, 0.2) is 76.5 Å². The predicted molar refractivity (Wildman–Crippen MR) is 116 cm³/mol. The minimum atomic E-state index is -3.89. The molecule has 1 aliphatic rings. The van der Waals surface area contributed by atoms with Crippen molar-refractivity contribution in [1.29, 1.82) is 0 Å². The fourth-order valence-electron chi connectivity index (χ4n) is 3.49. The summed E-state index contributed by atoms with van der Waals surface area (Å²) >= 11 is 0. The Hall–Kier alpha value is -2.75. The van der Waals surface area contributed by atoms with Gasteiger partial charge in [0.25, 0.3) is 10.0 Å². The number of rotatable bonds is 5. The highest BCUT2D eigenvalue weighted by Gasteiger charge is 2.28. The molecule has 3 aromatic rings. The van der Waals surface area contributed by atoms with Crippen LogP contribution in [0.4, 0.5) is 10.1 Å². The lowest BCUT2D eigenvalue weighted by Crippen LogP contribution is -2.36. The van der Waals surface area contributed by atoms with Gasteiger partial charge in [-0.15, -0.1) is 0 Å². The van der Waals surface area contributed by atoms with Crippen molar-refractivity contribution in [3.63, 3.8) is 0 Å². The summed E-state index contributed by atoms with van der Waals surface area (Å²) in [5.41, 5.74) is 3.00. The second kappa shape index (κ2) is 8.07. The van der Waals surface area contributed by atoms with Crippen molar-refractivity contribution in [2.45, 2.75) is 29.7 Å². The first-order valence-corrected chi connectivity index (χ1v) is 12.5. The second-order valence-electron chi connectivity index (χ2n) is 7.44. The highest BCUT2D eigenvalue weighted by Crippen LogP contribution is 2.28. The zero-order valence-corrected chi connectivity index (χ0v) is 18.4. The van der Waals surface area contributed by atoms with E-state index in [0.717, 1.165) is 28.8 Å². The van der Waals surface area contributed by atoms with E-state index in [2.05, 4.69) is 4.72 Å². The van der Waals surface area contributed by atoms with Gasteiger partial charge in [-0.05, 0) is 73.0 Å². The lowest BCUT2D eigenvalue weighted by Gasteiger charge is -2.28. The molecule has 0 amide bonds. The van der Waals surface area contributed by atoms with Crippen molar-refractivity contribution in [1.82, 2.24) is 4.31 Å². The summed E-state index contributed by atoms with van der Waals surface area (Å²) in [4.78, 5) is 0.171. The molecule has 0 bridgehead atoms. The summed E-state index contributed by atoms with van der Waals surface area (Å²) in [5.74, 6) is -0.525. The zero-order chi connectivity index (χ0) is 22.2. The third kappa shape index (κ3) is 4.48. The maximum atomic E-state index is 13.1. The fourth-order valence-corrected chi connectivity index (χ4v) is 5.96. The van der Waals surface area contributed by atoms with Gasteiger partial charge in [0.2, 0.25) is 10.0 Å². The van der Waals surface area contributed by atoms with E-state index in [-0.39, 0.29) is 16.3 Å². The highest BCUT2D eigenvalue weighted by atomic mass is 32.2. The molecular formula is C22H21FN2O4S2. The number of anilines is 1. The van der Waals surface area contributed by atoms with Crippen LogP contribution < -0.4 is 4.72 Å². The van der Waals surface area contributed by atoms with E-state index in [1.807, 2.05) is 6.92 Å². The molecule has 9 heteroatoms. The molecule has 0 fully saturated rings. The van der Waals surface area contributed by atoms with Gasteiger partial charge < -0.3 is 0 Å². The first kappa shape index (κ1) is 21.5. The van der Waals surface area contributed by atoms with Crippen molar-refractivity contribution in [2.75, 3.05) is 11.3 Å². The van der Waals surface area contributed by atoms with E-state index in [1.54, 1.807) is 42.5 Å². The maximum absolute atomic E-state index is 13.1. The van der Waals surface area contributed by atoms with Gasteiger partial charge in [0, 0.05) is 18.8 Å². The standard InChI is InChI=1S/C22H21FN2O4S2/c1-16-2-8-22(9-3-16)31(28,29)25-13-12-17-4-7-20(14-18(17)15-25)24-30(26,27)21-10-5-19(23)6-11-21/h2-11,14,24H,12-13,15H2,1H3. The zero-order valence-electron chi connectivity index (χ0n) is 16.7. The topological polar surface area (TPSA) is 83.6 Å².